The van der Waals surface area contributed by atoms with E-state index < -0.39 is 21.8 Å². The first kappa shape index (κ1) is 22.2. The Hall–Kier alpha value is -1.61. The normalized spacial score (nSPS) is 34.7. The van der Waals surface area contributed by atoms with Crippen molar-refractivity contribution in [3.63, 3.8) is 0 Å². The lowest BCUT2D eigenvalue weighted by Crippen LogP contribution is -2.54. The van der Waals surface area contributed by atoms with Crippen molar-refractivity contribution in [3.05, 3.63) is 29.8 Å². The summed E-state index contributed by atoms with van der Waals surface area (Å²) in [7, 11) is -3.86. The monoisotopic (exact) mass is 470 g/mol. The summed E-state index contributed by atoms with van der Waals surface area (Å²) in [6.07, 6.45) is 2.90. The molecule has 1 aliphatic heterocycles. The van der Waals surface area contributed by atoms with Gasteiger partial charge >= 0.3 is 6.18 Å². The Morgan fingerprint density at radius 2 is 1.59 bits per heavy atom. The van der Waals surface area contributed by atoms with Crippen LogP contribution in [0.5, 0.6) is 0 Å². The highest BCUT2D eigenvalue weighted by atomic mass is 32.2. The van der Waals surface area contributed by atoms with Crippen LogP contribution in [0.2, 0.25) is 0 Å². The number of carbonyl (C=O) groups is 1. The van der Waals surface area contributed by atoms with Crippen molar-refractivity contribution in [3.8, 4) is 0 Å². The second-order valence-electron chi connectivity index (χ2n) is 10.4. The van der Waals surface area contributed by atoms with E-state index in [1.54, 1.807) is 0 Å². The van der Waals surface area contributed by atoms with Crippen molar-refractivity contribution in [2.24, 2.45) is 29.1 Å². The second kappa shape index (κ2) is 7.72. The summed E-state index contributed by atoms with van der Waals surface area (Å²) in [6, 6.07) is 3.62. The first-order valence-corrected chi connectivity index (χ1v) is 12.9. The SMILES string of the molecule is O=C(NCC1CCN(S(=O)(=O)c2ccc(C(F)(F)F)cc2)C1)C12CC3CC(CC(C3)C1)C2. The zero-order chi connectivity index (χ0) is 22.7. The van der Waals surface area contributed by atoms with Crippen LogP contribution in [0.25, 0.3) is 0 Å². The zero-order valence-electron chi connectivity index (χ0n) is 17.9. The van der Waals surface area contributed by atoms with E-state index in [1.165, 1.54) is 23.6 Å². The van der Waals surface area contributed by atoms with Gasteiger partial charge in [0.25, 0.3) is 0 Å². The molecule has 5 nitrogen and oxygen atoms in total. The van der Waals surface area contributed by atoms with Gasteiger partial charge in [-0.25, -0.2) is 8.42 Å². The van der Waals surface area contributed by atoms with E-state index in [4.69, 9.17) is 0 Å². The molecule has 32 heavy (non-hydrogen) atoms. The number of carbonyl (C=O) groups excluding carboxylic acids is 1. The summed E-state index contributed by atoms with van der Waals surface area (Å²) in [5.41, 5.74) is -1.09. The lowest BCUT2D eigenvalue weighted by Gasteiger charge is -2.55. The van der Waals surface area contributed by atoms with Gasteiger partial charge in [-0.2, -0.15) is 17.5 Å². The number of nitrogens with zero attached hydrogens (tertiary/aromatic N) is 1. The third-order valence-electron chi connectivity index (χ3n) is 8.14. The molecule has 0 aromatic heterocycles. The van der Waals surface area contributed by atoms with Crippen LogP contribution in [-0.4, -0.2) is 38.3 Å². The first-order valence-electron chi connectivity index (χ1n) is 11.5. The Kier molecular flexibility index (Phi) is 5.36. The molecular formula is C23H29F3N2O3S. The molecular weight excluding hydrogens is 441 g/mol. The number of benzene rings is 1. The van der Waals surface area contributed by atoms with Gasteiger partial charge in [-0.3, -0.25) is 4.79 Å². The third-order valence-corrected chi connectivity index (χ3v) is 10.0. The Bertz CT molecular complexity index is 955. The first-order chi connectivity index (χ1) is 15.0. The highest BCUT2D eigenvalue weighted by molar-refractivity contribution is 7.89. The number of rotatable bonds is 5. The van der Waals surface area contributed by atoms with Crippen molar-refractivity contribution < 1.29 is 26.4 Å². The van der Waals surface area contributed by atoms with Crippen molar-refractivity contribution in [1.29, 1.82) is 0 Å². The zero-order valence-corrected chi connectivity index (χ0v) is 18.7. The Balaban J connectivity index is 1.18. The predicted molar refractivity (Wildman–Crippen MR) is 112 cm³/mol. The average molecular weight is 471 g/mol. The van der Waals surface area contributed by atoms with Gasteiger partial charge in [-0.05, 0) is 92.9 Å². The summed E-state index contributed by atoms with van der Waals surface area (Å²) in [6.45, 7) is 1.02. The topological polar surface area (TPSA) is 66.5 Å². The van der Waals surface area contributed by atoms with Gasteiger partial charge < -0.3 is 5.32 Å². The lowest BCUT2D eigenvalue weighted by atomic mass is 9.49. The molecule has 4 aliphatic carbocycles. The van der Waals surface area contributed by atoms with Crippen molar-refractivity contribution in [2.75, 3.05) is 19.6 Å². The molecule has 1 aromatic rings. The number of halogens is 3. The minimum absolute atomic E-state index is 0.0112. The van der Waals surface area contributed by atoms with E-state index in [1.807, 2.05) is 0 Å². The molecule has 0 spiro atoms. The van der Waals surface area contributed by atoms with Crippen LogP contribution >= 0.6 is 0 Å². The van der Waals surface area contributed by atoms with E-state index in [0.717, 1.165) is 43.5 Å². The molecule has 1 saturated heterocycles. The molecule has 1 amide bonds. The number of alkyl halides is 3. The van der Waals surface area contributed by atoms with E-state index in [2.05, 4.69) is 5.32 Å². The maximum atomic E-state index is 13.1. The fraction of sp³-hybridized carbons (Fsp3) is 0.696. The van der Waals surface area contributed by atoms with Gasteiger partial charge in [-0.15, -0.1) is 0 Å². The van der Waals surface area contributed by atoms with E-state index in [0.29, 0.717) is 37.3 Å². The minimum Gasteiger partial charge on any atom is -0.355 e. The number of hydrogen-bond donors (Lipinski definition) is 1. The smallest absolute Gasteiger partial charge is 0.355 e. The predicted octanol–water partition coefficient (Wildman–Crippen LogP) is 4.05. The van der Waals surface area contributed by atoms with E-state index >= 15 is 0 Å². The van der Waals surface area contributed by atoms with E-state index in [9.17, 15) is 26.4 Å². The molecule has 1 atom stereocenters. The van der Waals surface area contributed by atoms with Gasteiger partial charge in [0.1, 0.15) is 0 Å². The number of sulfonamides is 1. The fourth-order valence-corrected chi connectivity index (χ4v) is 8.49. The third kappa shape index (κ3) is 3.95. The largest absolute Gasteiger partial charge is 0.416 e. The molecule has 5 aliphatic rings. The van der Waals surface area contributed by atoms with Crippen LogP contribution in [0.1, 0.15) is 50.5 Å². The van der Waals surface area contributed by atoms with Crippen molar-refractivity contribution >= 4 is 15.9 Å². The van der Waals surface area contributed by atoms with E-state index in [-0.39, 0.29) is 28.7 Å². The average Bonchev–Trinajstić information content (AvgIpc) is 3.20. The number of nitrogens with one attached hydrogen (secondary N) is 1. The lowest BCUT2D eigenvalue weighted by molar-refractivity contribution is -0.146. The molecule has 1 heterocycles. The maximum Gasteiger partial charge on any atom is 0.416 e. The molecule has 176 valence electrons. The van der Waals surface area contributed by atoms with Crippen molar-refractivity contribution in [2.45, 2.75) is 56.0 Å². The van der Waals surface area contributed by atoms with Crippen LogP contribution in [-0.2, 0) is 21.0 Å². The Morgan fingerprint density at radius 3 is 2.12 bits per heavy atom. The molecule has 9 heteroatoms. The highest BCUT2D eigenvalue weighted by Crippen LogP contribution is 2.60. The molecule has 4 bridgehead atoms. The summed E-state index contributed by atoms with van der Waals surface area (Å²) >= 11 is 0. The minimum atomic E-state index is -4.50. The Morgan fingerprint density at radius 1 is 1.03 bits per heavy atom. The molecule has 0 radical (unpaired) electrons. The number of hydrogen-bond acceptors (Lipinski definition) is 3. The van der Waals surface area contributed by atoms with Crippen LogP contribution < -0.4 is 5.32 Å². The van der Waals surface area contributed by atoms with Crippen LogP contribution in [0.15, 0.2) is 29.2 Å². The maximum absolute atomic E-state index is 13.1. The Labute approximate surface area is 186 Å². The van der Waals surface area contributed by atoms with Crippen LogP contribution in [0, 0.1) is 29.1 Å². The molecule has 4 saturated carbocycles. The molecule has 5 fully saturated rings. The fourth-order valence-electron chi connectivity index (χ4n) is 6.96. The van der Waals surface area contributed by atoms with Gasteiger partial charge in [0.15, 0.2) is 0 Å². The van der Waals surface area contributed by atoms with Gasteiger partial charge in [-0.1, -0.05) is 0 Å². The van der Waals surface area contributed by atoms with Crippen molar-refractivity contribution in [1.82, 2.24) is 9.62 Å². The summed E-state index contributed by atoms with van der Waals surface area (Å²) in [5, 5.41) is 3.13. The summed E-state index contributed by atoms with van der Waals surface area (Å²) < 4.78 is 65.3. The molecule has 1 N–H and O–H groups in total. The van der Waals surface area contributed by atoms with Crippen LogP contribution in [0.3, 0.4) is 0 Å². The van der Waals surface area contributed by atoms with Gasteiger partial charge in [0.2, 0.25) is 15.9 Å². The summed E-state index contributed by atoms with van der Waals surface area (Å²) in [4.78, 5) is 13.0. The molecule has 6 rings (SSSR count). The summed E-state index contributed by atoms with van der Waals surface area (Å²) in [5.74, 6) is 2.20. The second-order valence-corrected chi connectivity index (χ2v) is 12.4. The molecule has 1 aromatic carbocycles. The van der Waals surface area contributed by atoms with Gasteiger partial charge in [0.05, 0.1) is 10.5 Å². The molecule has 1 unspecified atom stereocenters. The number of amides is 1. The van der Waals surface area contributed by atoms with Gasteiger partial charge in [0, 0.05) is 25.0 Å². The highest BCUT2D eigenvalue weighted by Gasteiger charge is 2.54. The standard InChI is InChI=1S/C23H29F3N2O3S/c24-23(25,26)19-1-3-20(4-2-19)32(30,31)28-6-5-15(14-28)13-27-21(29)22-10-16-7-17(11-22)9-18(8-16)12-22/h1-4,15-18H,5-14H2,(H,27,29). The van der Waals surface area contributed by atoms with Crippen LogP contribution in [0.4, 0.5) is 13.2 Å². The quantitative estimate of drug-likeness (QED) is 0.706.